The maximum atomic E-state index is 12.6. The van der Waals surface area contributed by atoms with Crippen LogP contribution in [0.4, 0.5) is 13.2 Å². The minimum absolute atomic E-state index is 0.0117. The van der Waals surface area contributed by atoms with Gasteiger partial charge in [0.25, 0.3) is 0 Å². The molecule has 1 aliphatic carbocycles. The number of aliphatic carboxylic acids is 1. The van der Waals surface area contributed by atoms with E-state index in [-0.39, 0.29) is 12.0 Å². The number of nitrogens with zero attached hydrogens (tertiary/aromatic N) is 2. The van der Waals surface area contributed by atoms with Gasteiger partial charge in [-0.05, 0) is 6.42 Å². The van der Waals surface area contributed by atoms with Gasteiger partial charge in [-0.1, -0.05) is 0 Å². The number of carbonyl (C=O) groups is 1. The molecule has 1 fully saturated rings. The van der Waals surface area contributed by atoms with E-state index in [4.69, 9.17) is 5.11 Å². The Bertz CT molecular complexity index is 438. The zero-order valence-corrected chi connectivity index (χ0v) is 8.32. The highest BCUT2D eigenvalue weighted by Crippen LogP contribution is 2.50. The summed E-state index contributed by atoms with van der Waals surface area (Å²) in [6.45, 7) is 0. The summed E-state index contributed by atoms with van der Waals surface area (Å²) < 4.78 is 38.7. The molecule has 1 heterocycles. The van der Waals surface area contributed by atoms with Crippen molar-refractivity contribution in [3.63, 3.8) is 0 Å². The summed E-state index contributed by atoms with van der Waals surface area (Å²) in [7, 11) is 1.39. The standard InChI is InChI=1S/C9H9F3N2O2/c1-14-3-6(4-2-5(4)8(15)16)7(13-14)9(10,11)12/h3-5H,2H2,1H3,(H,15,16)/t4-,5-/m1/s1. The van der Waals surface area contributed by atoms with Crippen LogP contribution in [0.5, 0.6) is 0 Å². The number of hydrogen-bond acceptors (Lipinski definition) is 2. The maximum Gasteiger partial charge on any atom is 0.435 e. The Balaban J connectivity index is 2.32. The van der Waals surface area contributed by atoms with Crippen molar-refractivity contribution >= 4 is 5.97 Å². The van der Waals surface area contributed by atoms with Crippen LogP contribution in [-0.4, -0.2) is 20.9 Å². The van der Waals surface area contributed by atoms with Crippen LogP contribution in [0.2, 0.25) is 0 Å². The van der Waals surface area contributed by atoms with E-state index in [2.05, 4.69) is 5.10 Å². The first-order valence-corrected chi connectivity index (χ1v) is 4.64. The molecule has 4 nitrogen and oxygen atoms in total. The summed E-state index contributed by atoms with van der Waals surface area (Å²) in [5.41, 5.74) is -0.980. The smallest absolute Gasteiger partial charge is 0.435 e. The Kier molecular flexibility index (Phi) is 2.21. The summed E-state index contributed by atoms with van der Waals surface area (Å²) in [5.74, 6) is -2.31. The normalized spacial score (nSPS) is 24.5. The van der Waals surface area contributed by atoms with Crippen molar-refractivity contribution in [3.8, 4) is 0 Å². The Morgan fingerprint density at radius 1 is 1.62 bits per heavy atom. The number of hydrogen-bond donors (Lipinski definition) is 1. The average molecular weight is 234 g/mol. The minimum Gasteiger partial charge on any atom is -0.481 e. The van der Waals surface area contributed by atoms with E-state index >= 15 is 0 Å². The third-order valence-corrected chi connectivity index (χ3v) is 2.63. The Morgan fingerprint density at radius 3 is 2.69 bits per heavy atom. The van der Waals surface area contributed by atoms with Gasteiger partial charge in [0.1, 0.15) is 0 Å². The fourth-order valence-corrected chi connectivity index (χ4v) is 1.81. The summed E-state index contributed by atoms with van der Waals surface area (Å²) in [4.78, 5) is 10.6. The molecular formula is C9H9F3N2O2. The molecule has 1 aromatic rings. The van der Waals surface area contributed by atoms with Crippen LogP contribution < -0.4 is 0 Å². The predicted octanol–water partition coefficient (Wildman–Crippen LogP) is 1.63. The van der Waals surface area contributed by atoms with Crippen molar-refractivity contribution in [1.29, 1.82) is 0 Å². The van der Waals surface area contributed by atoms with Gasteiger partial charge in [-0.3, -0.25) is 9.48 Å². The summed E-state index contributed by atoms with van der Waals surface area (Å²) in [5, 5.41) is 12.0. The quantitative estimate of drug-likeness (QED) is 0.846. The van der Waals surface area contributed by atoms with Gasteiger partial charge in [0.15, 0.2) is 5.69 Å². The second kappa shape index (κ2) is 3.23. The van der Waals surface area contributed by atoms with Gasteiger partial charge in [-0.15, -0.1) is 0 Å². The highest BCUT2D eigenvalue weighted by molar-refractivity contribution is 5.75. The predicted molar refractivity (Wildman–Crippen MR) is 46.7 cm³/mol. The van der Waals surface area contributed by atoms with Crippen LogP contribution in [0.25, 0.3) is 0 Å². The van der Waals surface area contributed by atoms with Gasteiger partial charge in [0.2, 0.25) is 0 Å². The molecule has 0 bridgehead atoms. The van der Waals surface area contributed by atoms with Crippen molar-refractivity contribution in [2.75, 3.05) is 0 Å². The van der Waals surface area contributed by atoms with Gasteiger partial charge in [-0.2, -0.15) is 18.3 Å². The zero-order valence-electron chi connectivity index (χ0n) is 8.32. The van der Waals surface area contributed by atoms with E-state index in [0.717, 1.165) is 4.68 Å². The molecule has 2 atom stereocenters. The number of aromatic nitrogens is 2. The molecule has 0 unspecified atom stereocenters. The van der Waals surface area contributed by atoms with Gasteiger partial charge in [0, 0.05) is 24.7 Å². The first-order valence-electron chi connectivity index (χ1n) is 4.64. The Labute approximate surface area is 88.7 Å². The van der Waals surface area contributed by atoms with E-state index in [0.29, 0.717) is 0 Å². The van der Waals surface area contributed by atoms with Crippen LogP contribution in [0.1, 0.15) is 23.6 Å². The number of carboxylic acid groups (broad SMARTS) is 1. The van der Waals surface area contributed by atoms with E-state index in [9.17, 15) is 18.0 Å². The highest BCUT2D eigenvalue weighted by atomic mass is 19.4. The molecular weight excluding hydrogens is 225 g/mol. The number of aryl methyl sites for hydroxylation is 1. The topological polar surface area (TPSA) is 55.1 Å². The first kappa shape index (κ1) is 11.0. The number of rotatable bonds is 2. The van der Waals surface area contributed by atoms with Crippen LogP contribution in [0.3, 0.4) is 0 Å². The van der Waals surface area contributed by atoms with E-state index in [1.807, 2.05) is 0 Å². The summed E-state index contributed by atoms with van der Waals surface area (Å²) in [6.07, 6.45) is -3.03. The third-order valence-electron chi connectivity index (χ3n) is 2.63. The van der Waals surface area contributed by atoms with E-state index in [1.165, 1.54) is 13.2 Å². The van der Waals surface area contributed by atoms with Crippen molar-refractivity contribution in [2.45, 2.75) is 18.5 Å². The van der Waals surface area contributed by atoms with Crippen LogP contribution in [-0.2, 0) is 18.0 Å². The SMILES string of the molecule is Cn1cc([C@@H]2C[C@H]2C(=O)O)c(C(F)(F)F)n1. The van der Waals surface area contributed by atoms with E-state index < -0.39 is 29.7 Å². The molecule has 0 amide bonds. The first-order chi connectivity index (χ1) is 7.30. The molecule has 1 N–H and O–H groups in total. The molecule has 0 spiro atoms. The maximum absolute atomic E-state index is 12.6. The lowest BCUT2D eigenvalue weighted by molar-refractivity contribution is -0.143. The summed E-state index contributed by atoms with van der Waals surface area (Å²) >= 11 is 0. The number of halogens is 3. The average Bonchev–Trinajstić information content (AvgIpc) is 2.82. The van der Waals surface area contributed by atoms with E-state index in [1.54, 1.807) is 0 Å². The van der Waals surface area contributed by atoms with Crippen LogP contribution >= 0.6 is 0 Å². The van der Waals surface area contributed by atoms with Crippen molar-refractivity contribution in [2.24, 2.45) is 13.0 Å². The van der Waals surface area contributed by atoms with Gasteiger partial charge < -0.3 is 5.11 Å². The molecule has 7 heteroatoms. The lowest BCUT2D eigenvalue weighted by atomic mass is 10.1. The molecule has 0 radical (unpaired) electrons. The summed E-state index contributed by atoms with van der Waals surface area (Å²) in [6, 6.07) is 0. The number of alkyl halides is 3. The second-order valence-electron chi connectivity index (χ2n) is 3.89. The van der Waals surface area contributed by atoms with Crippen LogP contribution in [0, 0.1) is 5.92 Å². The molecule has 1 aliphatic rings. The highest BCUT2D eigenvalue weighted by Gasteiger charge is 2.49. The van der Waals surface area contributed by atoms with Crippen molar-refractivity contribution < 1.29 is 23.1 Å². The second-order valence-corrected chi connectivity index (χ2v) is 3.89. The fraction of sp³-hybridized carbons (Fsp3) is 0.556. The largest absolute Gasteiger partial charge is 0.481 e. The van der Waals surface area contributed by atoms with Gasteiger partial charge in [-0.25, -0.2) is 0 Å². The molecule has 88 valence electrons. The Morgan fingerprint density at radius 2 is 2.25 bits per heavy atom. The fourth-order valence-electron chi connectivity index (χ4n) is 1.81. The van der Waals surface area contributed by atoms with Gasteiger partial charge >= 0.3 is 12.1 Å². The van der Waals surface area contributed by atoms with Crippen molar-refractivity contribution in [1.82, 2.24) is 9.78 Å². The lowest BCUT2D eigenvalue weighted by Gasteiger charge is -2.04. The molecule has 0 saturated heterocycles. The molecule has 1 aromatic heterocycles. The minimum atomic E-state index is -4.53. The third kappa shape index (κ3) is 1.77. The molecule has 0 aromatic carbocycles. The lowest BCUT2D eigenvalue weighted by Crippen LogP contribution is -2.10. The Hall–Kier alpha value is -1.53. The van der Waals surface area contributed by atoms with Crippen molar-refractivity contribution in [3.05, 3.63) is 17.5 Å². The van der Waals surface area contributed by atoms with Crippen LogP contribution in [0.15, 0.2) is 6.20 Å². The molecule has 16 heavy (non-hydrogen) atoms. The number of carboxylic acids is 1. The molecule has 1 saturated carbocycles. The van der Waals surface area contributed by atoms with Gasteiger partial charge in [0.05, 0.1) is 5.92 Å². The zero-order chi connectivity index (χ0) is 12.1. The molecule has 0 aliphatic heterocycles. The molecule has 2 rings (SSSR count). The monoisotopic (exact) mass is 234 g/mol.